The van der Waals surface area contributed by atoms with Crippen LogP contribution in [-0.2, 0) is 26.8 Å². The van der Waals surface area contributed by atoms with Crippen molar-refractivity contribution in [1.29, 1.82) is 5.26 Å². The van der Waals surface area contributed by atoms with E-state index in [0.29, 0.717) is 30.5 Å². The van der Waals surface area contributed by atoms with E-state index in [4.69, 9.17) is 5.26 Å². The van der Waals surface area contributed by atoms with Crippen LogP contribution < -0.4 is 9.62 Å². The van der Waals surface area contributed by atoms with E-state index in [9.17, 15) is 18.0 Å². The number of fused-ring (bicyclic) bond motifs is 2. The molecule has 0 radical (unpaired) electrons. The molecule has 9 heteroatoms. The first kappa shape index (κ1) is 22.4. The molecule has 2 atom stereocenters. The zero-order valence-corrected chi connectivity index (χ0v) is 20.0. The van der Waals surface area contributed by atoms with Crippen LogP contribution in [0.4, 0.5) is 5.69 Å². The lowest BCUT2D eigenvalue weighted by atomic mass is 9.92. The number of hydrogen-bond acceptors (Lipinski definition) is 6. The van der Waals surface area contributed by atoms with Gasteiger partial charge in [-0.05, 0) is 60.7 Å². The number of pyridine rings is 1. The Balaban J connectivity index is 1.27. The maximum Gasteiger partial charge on any atom is 0.283 e. The average Bonchev–Trinajstić information content (AvgIpc) is 3.80. The highest BCUT2D eigenvalue weighted by atomic mass is 32.2. The van der Waals surface area contributed by atoms with Crippen molar-refractivity contribution in [3.05, 3.63) is 94.8 Å². The van der Waals surface area contributed by atoms with E-state index in [0.717, 1.165) is 16.8 Å². The SMILES string of the molecule is N#Cc1ccc([C@H]2CC23C(=O)N(Cc2cccc(C(=O)NS(=O)(=O)C4CC4)n2)c2ccccc23)cc1. The molecule has 6 rings (SSSR count). The third-order valence-corrected chi connectivity index (χ3v) is 9.08. The minimum atomic E-state index is -3.68. The first-order valence-electron chi connectivity index (χ1n) is 11.8. The summed E-state index contributed by atoms with van der Waals surface area (Å²) in [5.74, 6) is -0.774. The van der Waals surface area contributed by atoms with E-state index in [2.05, 4.69) is 15.8 Å². The highest BCUT2D eigenvalue weighted by molar-refractivity contribution is 7.91. The number of benzene rings is 2. The van der Waals surface area contributed by atoms with E-state index >= 15 is 0 Å². The first-order chi connectivity index (χ1) is 17.3. The Hall–Kier alpha value is -4.03. The minimum absolute atomic E-state index is 0.00625. The lowest BCUT2D eigenvalue weighted by molar-refractivity contribution is -0.120. The summed E-state index contributed by atoms with van der Waals surface area (Å²) in [6, 6.07) is 22.0. The van der Waals surface area contributed by atoms with Crippen LogP contribution in [0, 0.1) is 11.3 Å². The normalized spacial score (nSPS) is 22.2. The predicted octanol–water partition coefficient (Wildman–Crippen LogP) is 3.15. The minimum Gasteiger partial charge on any atom is -0.305 e. The summed E-state index contributed by atoms with van der Waals surface area (Å²) < 4.78 is 26.4. The molecule has 180 valence electrons. The molecule has 2 fully saturated rings. The van der Waals surface area contributed by atoms with Crippen molar-refractivity contribution in [1.82, 2.24) is 9.71 Å². The van der Waals surface area contributed by atoms with E-state index in [-0.39, 0.29) is 24.1 Å². The summed E-state index contributed by atoms with van der Waals surface area (Å²) >= 11 is 0. The zero-order valence-electron chi connectivity index (χ0n) is 19.2. The summed E-state index contributed by atoms with van der Waals surface area (Å²) in [5.41, 5.74) is 3.20. The molecule has 2 heterocycles. The number of hydrogen-bond donors (Lipinski definition) is 1. The van der Waals surface area contributed by atoms with Gasteiger partial charge in [-0.3, -0.25) is 9.59 Å². The number of carbonyl (C=O) groups excluding carboxylic acids is 2. The molecule has 2 aromatic carbocycles. The summed E-state index contributed by atoms with van der Waals surface area (Å²) in [6.45, 7) is 0.161. The van der Waals surface area contributed by atoms with E-state index in [1.807, 2.05) is 36.4 Å². The second kappa shape index (κ2) is 8.00. The monoisotopic (exact) mass is 498 g/mol. The van der Waals surface area contributed by atoms with Crippen molar-refractivity contribution in [2.24, 2.45) is 0 Å². The van der Waals surface area contributed by atoms with Gasteiger partial charge in [-0.15, -0.1) is 0 Å². The van der Waals surface area contributed by atoms with Crippen molar-refractivity contribution in [2.75, 3.05) is 4.90 Å². The first-order valence-corrected chi connectivity index (χ1v) is 13.3. The Morgan fingerprint density at radius 1 is 1.08 bits per heavy atom. The molecule has 1 N–H and O–H groups in total. The van der Waals surface area contributed by atoms with Crippen molar-refractivity contribution >= 4 is 27.5 Å². The van der Waals surface area contributed by atoms with Crippen LogP contribution in [0.2, 0.25) is 0 Å². The Kier molecular flexibility index (Phi) is 4.99. The maximum atomic E-state index is 13.8. The second-order valence-corrected chi connectivity index (χ2v) is 11.5. The molecule has 1 unspecified atom stereocenters. The second-order valence-electron chi connectivity index (χ2n) is 9.56. The van der Waals surface area contributed by atoms with Gasteiger partial charge >= 0.3 is 0 Å². The van der Waals surface area contributed by atoms with E-state index in [1.165, 1.54) is 6.07 Å². The number of nitrogens with one attached hydrogen (secondary N) is 1. The molecular weight excluding hydrogens is 476 g/mol. The fraction of sp³-hybridized carbons (Fsp3) is 0.259. The van der Waals surface area contributed by atoms with Gasteiger partial charge in [0.05, 0.1) is 34.5 Å². The number of anilines is 1. The molecule has 1 spiro atoms. The largest absolute Gasteiger partial charge is 0.305 e. The lowest BCUT2D eigenvalue weighted by Gasteiger charge is -2.18. The number of sulfonamides is 1. The number of aromatic nitrogens is 1. The third-order valence-electron chi connectivity index (χ3n) is 7.26. The highest BCUT2D eigenvalue weighted by Gasteiger charge is 2.67. The van der Waals surface area contributed by atoms with Crippen molar-refractivity contribution in [3.63, 3.8) is 0 Å². The highest BCUT2D eigenvalue weighted by Crippen LogP contribution is 2.66. The molecule has 2 amide bonds. The van der Waals surface area contributed by atoms with Gasteiger partial charge in [-0.2, -0.15) is 5.26 Å². The number of rotatable bonds is 6. The standard InChI is InChI=1S/C27H22N4O4S/c28-15-17-8-10-18(11-9-17)22-14-27(22)21-5-1-2-7-24(21)31(26(27)33)16-19-4-3-6-23(29-19)25(32)30-36(34,35)20-12-13-20/h1-11,20,22H,12-14,16H2,(H,30,32)/t22-,27?/m1/s1. The summed E-state index contributed by atoms with van der Waals surface area (Å²) in [4.78, 5) is 32.5. The number of para-hydroxylation sites is 1. The summed E-state index contributed by atoms with van der Waals surface area (Å²) in [7, 11) is -3.68. The van der Waals surface area contributed by atoms with Gasteiger partial charge in [-0.25, -0.2) is 18.1 Å². The Bertz CT molecular complexity index is 1560. The number of nitrogens with zero attached hydrogens (tertiary/aromatic N) is 3. The van der Waals surface area contributed by atoms with Crippen LogP contribution in [0.25, 0.3) is 0 Å². The third kappa shape index (κ3) is 3.57. The fourth-order valence-electron chi connectivity index (χ4n) is 5.20. The van der Waals surface area contributed by atoms with Crippen LogP contribution >= 0.6 is 0 Å². The predicted molar refractivity (Wildman–Crippen MR) is 131 cm³/mol. The fourth-order valence-corrected chi connectivity index (χ4v) is 6.48. The quantitative estimate of drug-likeness (QED) is 0.558. The van der Waals surface area contributed by atoms with Crippen LogP contribution in [0.1, 0.15) is 58.1 Å². The number of carbonyl (C=O) groups is 2. The molecule has 8 nitrogen and oxygen atoms in total. The molecule has 2 aliphatic carbocycles. The molecule has 0 bridgehead atoms. The van der Waals surface area contributed by atoms with Crippen LogP contribution in [0.15, 0.2) is 66.7 Å². The van der Waals surface area contributed by atoms with Crippen molar-refractivity contribution in [2.45, 2.75) is 42.4 Å². The number of nitriles is 1. The molecule has 36 heavy (non-hydrogen) atoms. The van der Waals surface area contributed by atoms with E-state index < -0.39 is 26.6 Å². The van der Waals surface area contributed by atoms with Crippen LogP contribution in [0.5, 0.6) is 0 Å². The summed E-state index contributed by atoms with van der Waals surface area (Å²) in [6.07, 6.45) is 1.79. The molecule has 3 aliphatic rings. The van der Waals surface area contributed by atoms with Gasteiger partial charge in [0.15, 0.2) is 0 Å². The van der Waals surface area contributed by atoms with Gasteiger partial charge in [-0.1, -0.05) is 36.4 Å². The summed E-state index contributed by atoms with van der Waals surface area (Å²) in [5, 5.41) is 8.59. The zero-order chi connectivity index (χ0) is 25.1. The van der Waals surface area contributed by atoms with Gasteiger partial charge < -0.3 is 4.90 Å². The molecule has 2 saturated carbocycles. The molecule has 0 saturated heterocycles. The van der Waals surface area contributed by atoms with Crippen molar-refractivity contribution < 1.29 is 18.0 Å². The smallest absolute Gasteiger partial charge is 0.283 e. The Morgan fingerprint density at radius 3 is 2.56 bits per heavy atom. The Morgan fingerprint density at radius 2 is 1.83 bits per heavy atom. The number of amides is 2. The van der Waals surface area contributed by atoms with Crippen molar-refractivity contribution in [3.8, 4) is 6.07 Å². The van der Waals surface area contributed by atoms with Crippen LogP contribution in [-0.4, -0.2) is 30.5 Å². The topological polar surface area (TPSA) is 120 Å². The molecular formula is C27H22N4O4S. The molecule has 1 aromatic heterocycles. The van der Waals surface area contributed by atoms with Gasteiger partial charge in [0.2, 0.25) is 15.9 Å². The van der Waals surface area contributed by atoms with E-state index in [1.54, 1.807) is 29.2 Å². The van der Waals surface area contributed by atoms with Gasteiger partial charge in [0, 0.05) is 11.6 Å². The van der Waals surface area contributed by atoms with Gasteiger partial charge in [0.1, 0.15) is 5.69 Å². The van der Waals surface area contributed by atoms with Crippen LogP contribution in [0.3, 0.4) is 0 Å². The average molecular weight is 499 g/mol. The molecule has 3 aromatic rings. The lowest BCUT2D eigenvalue weighted by Crippen LogP contribution is -2.34. The molecule has 1 aliphatic heterocycles. The maximum absolute atomic E-state index is 13.8. The Labute approximate surface area is 208 Å². The van der Waals surface area contributed by atoms with Gasteiger partial charge in [0.25, 0.3) is 5.91 Å².